The number of benzene rings is 2. The van der Waals surface area contributed by atoms with E-state index in [0.29, 0.717) is 17.7 Å². The SMILES string of the molecule is CCOC(=O)[C@H]1C(=O)C=C(c2ccc(OC)cc2)C[C@@H]1c1ccc(Cl)c(F)c1. The number of methoxy groups -OCH3 is 1. The molecule has 0 fully saturated rings. The fraction of sp³-hybridized carbons (Fsp3) is 0.273. The number of allylic oxidation sites excluding steroid dienone is 2. The fourth-order valence-electron chi connectivity index (χ4n) is 3.45. The Morgan fingerprint density at radius 1 is 1.21 bits per heavy atom. The Balaban J connectivity index is 2.02. The van der Waals surface area contributed by atoms with Crippen molar-refractivity contribution in [3.63, 3.8) is 0 Å². The molecule has 0 aliphatic heterocycles. The van der Waals surface area contributed by atoms with E-state index in [2.05, 4.69) is 0 Å². The molecule has 0 unspecified atom stereocenters. The summed E-state index contributed by atoms with van der Waals surface area (Å²) in [5.74, 6) is -2.39. The van der Waals surface area contributed by atoms with Crippen LogP contribution in [0.5, 0.6) is 5.75 Å². The molecule has 3 rings (SSSR count). The van der Waals surface area contributed by atoms with Gasteiger partial charge in [0.2, 0.25) is 0 Å². The van der Waals surface area contributed by atoms with E-state index >= 15 is 0 Å². The summed E-state index contributed by atoms with van der Waals surface area (Å²) in [6, 6.07) is 11.7. The Bertz CT molecular complexity index is 921. The first-order valence-corrected chi connectivity index (χ1v) is 9.32. The van der Waals surface area contributed by atoms with Crippen LogP contribution >= 0.6 is 11.6 Å². The number of esters is 1. The van der Waals surface area contributed by atoms with Gasteiger partial charge in [-0.2, -0.15) is 0 Å². The highest BCUT2D eigenvalue weighted by atomic mass is 35.5. The van der Waals surface area contributed by atoms with E-state index in [1.165, 1.54) is 18.2 Å². The van der Waals surface area contributed by atoms with E-state index in [4.69, 9.17) is 21.1 Å². The van der Waals surface area contributed by atoms with Crippen LogP contribution in [0.4, 0.5) is 4.39 Å². The van der Waals surface area contributed by atoms with Crippen LogP contribution in [0.3, 0.4) is 0 Å². The molecule has 2 aromatic carbocycles. The summed E-state index contributed by atoms with van der Waals surface area (Å²) >= 11 is 5.79. The standard InChI is InChI=1S/C22H20ClFO4/c1-3-28-22(26)21-17(14-6-9-18(23)19(24)11-14)10-15(12-20(21)25)13-4-7-16(27-2)8-5-13/h4-9,11-12,17,21H,3,10H2,1-2H3/t17-,21-/m1/s1. The average Bonchev–Trinajstić information content (AvgIpc) is 2.69. The van der Waals surface area contributed by atoms with E-state index in [0.717, 1.165) is 11.1 Å². The lowest BCUT2D eigenvalue weighted by molar-refractivity contribution is -0.151. The van der Waals surface area contributed by atoms with Crippen molar-refractivity contribution >= 4 is 28.9 Å². The van der Waals surface area contributed by atoms with Gasteiger partial charge < -0.3 is 9.47 Å². The zero-order valence-corrected chi connectivity index (χ0v) is 16.3. The number of rotatable bonds is 5. The van der Waals surface area contributed by atoms with Gasteiger partial charge in [-0.1, -0.05) is 29.8 Å². The fourth-order valence-corrected chi connectivity index (χ4v) is 3.56. The van der Waals surface area contributed by atoms with Crippen molar-refractivity contribution in [1.82, 2.24) is 0 Å². The molecule has 1 aliphatic carbocycles. The van der Waals surface area contributed by atoms with E-state index in [1.807, 2.05) is 12.1 Å². The lowest BCUT2D eigenvalue weighted by Crippen LogP contribution is -2.34. The molecular weight excluding hydrogens is 383 g/mol. The average molecular weight is 403 g/mol. The first kappa shape index (κ1) is 20.1. The Hall–Kier alpha value is -2.66. The van der Waals surface area contributed by atoms with Crippen molar-refractivity contribution < 1.29 is 23.5 Å². The largest absolute Gasteiger partial charge is 0.497 e. The van der Waals surface area contributed by atoms with Crippen LogP contribution in [0.1, 0.15) is 30.4 Å². The first-order valence-electron chi connectivity index (χ1n) is 8.95. The van der Waals surface area contributed by atoms with Crippen molar-refractivity contribution in [1.29, 1.82) is 0 Å². The van der Waals surface area contributed by atoms with Crippen LogP contribution in [0, 0.1) is 11.7 Å². The van der Waals surface area contributed by atoms with Crippen molar-refractivity contribution in [2.45, 2.75) is 19.3 Å². The molecule has 6 heteroatoms. The van der Waals surface area contributed by atoms with Crippen LogP contribution in [0.15, 0.2) is 48.5 Å². The zero-order chi connectivity index (χ0) is 20.3. The minimum atomic E-state index is -1.01. The van der Waals surface area contributed by atoms with Gasteiger partial charge in [0.15, 0.2) is 5.78 Å². The smallest absolute Gasteiger partial charge is 0.317 e. The molecule has 1 aliphatic rings. The molecule has 0 saturated carbocycles. The number of ether oxygens (including phenoxy) is 2. The minimum absolute atomic E-state index is 0.00973. The summed E-state index contributed by atoms with van der Waals surface area (Å²) in [6.45, 7) is 1.85. The van der Waals surface area contributed by atoms with E-state index < -0.39 is 23.6 Å². The van der Waals surface area contributed by atoms with E-state index in [1.54, 1.807) is 32.2 Å². The number of halogens is 2. The Kier molecular flexibility index (Phi) is 6.15. The Morgan fingerprint density at radius 2 is 1.93 bits per heavy atom. The van der Waals surface area contributed by atoms with Crippen molar-refractivity contribution in [3.8, 4) is 5.75 Å². The second kappa shape index (κ2) is 8.57. The summed E-state index contributed by atoms with van der Waals surface area (Å²) in [6.07, 6.45) is 1.87. The Morgan fingerprint density at radius 3 is 2.54 bits per heavy atom. The minimum Gasteiger partial charge on any atom is -0.497 e. The third-order valence-electron chi connectivity index (χ3n) is 4.84. The number of ketones is 1. The van der Waals surface area contributed by atoms with Crippen LogP contribution in [0.2, 0.25) is 5.02 Å². The van der Waals surface area contributed by atoms with Crippen molar-refractivity contribution in [2.75, 3.05) is 13.7 Å². The normalized spacial score (nSPS) is 19.1. The van der Waals surface area contributed by atoms with Crippen LogP contribution in [-0.4, -0.2) is 25.5 Å². The lowest BCUT2D eigenvalue weighted by atomic mass is 9.73. The molecule has 2 aromatic rings. The molecule has 4 nitrogen and oxygen atoms in total. The molecule has 0 bridgehead atoms. The van der Waals surface area contributed by atoms with Crippen molar-refractivity contribution in [3.05, 3.63) is 70.5 Å². The third kappa shape index (κ3) is 4.09. The summed E-state index contributed by atoms with van der Waals surface area (Å²) in [5.41, 5.74) is 2.15. The van der Waals surface area contributed by atoms with Gasteiger partial charge in [-0.15, -0.1) is 0 Å². The molecule has 0 amide bonds. The van der Waals surface area contributed by atoms with Gasteiger partial charge in [0.1, 0.15) is 17.5 Å². The molecule has 0 aromatic heterocycles. The second-order valence-corrected chi connectivity index (χ2v) is 6.92. The number of hydrogen-bond donors (Lipinski definition) is 0. The molecule has 146 valence electrons. The van der Waals surface area contributed by atoms with Gasteiger partial charge >= 0.3 is 5.97 Å². The van der Waals surface area contributed by atoms with Gasteiger partial charge in [-0.05, 0) is 60.4 Å². The van der Waals surface area contributed by atoms with Gasteiger partial charge in [0.05, 0.1) is 18.7 Å². The molecule has 28 heavy (non-hydrogen) atoms. The van der Waals surface area contributed by atoms with Crippen LogP contribution in [-0.2, 0) is 14.3 Å². The molecule has 2 atom stereocenters. The quantitative estimate of drug-likeness (QED) is 0.532. The van der Waals surface area contributed by atoms with Gasteiger partial charge in [-0.3, -0.25) is 9.59 Å². The topological polar surface area (TPSA) is 52.6 Å². The number of hydrogen-bond acceptors (Lipinski definition) is 4. The third-order valence-corrected chi connectivity index (χ3v) is 5.14. The van der Waals surface area contributed by atoms with Crippen LogP contribution < -0.4 is 4.74 Å². The maximum atomic E-state index is 14.0. The van der Waals surface area contributed by atoms with Crippen molar-refractivity contribution in [2.24, 2.45) is 5.92 Å². The molecule has 0 heterocycles. The highest BCUT2D eigenvalue weighted by molar-refractivity contribution is 6.30. The van der Waals surface area contributed by atoms with Crippen LogP contribution in [0.25, 0.3) is 5.57 Å². The number of carbonyl (C=O) groups excluding carboxylic acids is 2. The first-order chi connectivity index (χ1) is 13.4. The molecule has 0 saturated heterocycles. The van der Waals surface area contributed by atoms with Gasteiger partial charge in [0.25, 0.3) is 0 Å². The molecule has 0 N–H and O–H groups in total. The highest BCUT2D eigenvalue weighted by Gasteiger charge is 2.40. The molecule has 0 spiro atoms. The summed E-state index contributed by atoms with van der Waals surface area (Å²) in [5, 5.41) is -0.00973. The zero-order valence-electron chi connectivity index (χ0n) is 15.6. The number of carbonyl (C=O) groups is 2. The lowest BCUT2D eigenvalue weighted by Gasteiger charge is -2.29. The van der Waals surface area contributed by atoms with Gasteiger partial charge in [-0.25, -0.2) is 4.39 Å². The molecular formula is C22H20ClFO4. The second-order valence-electron chi connectivity index (χ2n) is 6.51. The van der Waals surface area contributed by atoms with E-state index in [9.17, 15) is 14.0 Å². The summed E-state index contributed by atoms with van der Waals surface area (Å²) < 4.78 is 24.3. The van der Waals surface area contributed by atoms with E-state index in [-0.39, 0.29) is 17.4 Å². The summed E-state index contributed by atoms with van der Waals surface area (Å²) in [7, 11) is 1.58. The predicted octanol–water partition coefficient (Wildman–Crippen LogP) is 4.81. The monoisotopic (exact) mass is 402 g/mol. The Labute approximate surface area is 167 Å². The highest BCUT2D eigenvalue weighted by Crippen LogP contribution is 2.41. The molecule has 0 radical (unpaired) electrons. The maximum Gasteiger partial charge on any atom is 0.317 e. The summed E-state index contributed by atoms with van der Waals surface area (Å²) in [4.78, 5) is 25.3. The van der Waals surface area contributed by atoms with Gasteiger partial charge in [0, 0.05) is 5.92 Å². The predicted molar refractivity (Wildman–Crippen MR) is 105 cm³/mol. The maximum absolute atomic E-state index is 14.0.